The van der Waals surface area contributed by atoms with Crippen LogP contribution in [-0.2, 0) is 9.59 Å². The fourth-order valence-corrected chi connectivity index (χ4v) is 3.71. The Morgan fingerprint density at radius 3 is 2.19 bits per heavy atom. The van der Waals surface area contributed by atoms with Gasteiger partial charge < -0.3 is 10.6 Å². The molecule has 2 aromatic rings. The van der Waals surface area contributed by atoms with Gasteiger partial charge in [0.2, 0.25) is 5.91 Å². The molecule has 8 heteroatoms. The number of benzene rings is 2. The van der Waals surface area contributed by atoms with Crippen LogP contribution in [0.25, 0.3) is 6.08 Å². The molecule has 0 saturated carbocycles. The minimum absolute atomic E-state index is 0.0630. The normalized spacial score (nSPS) is 14.8. The highest BCUT2D eigenvalue weighted by Gasteiger charge is 2.34. The smallest absolute Gasteiger partial charge is 0.293 e. The summed E-state index contributed by atoms with van der Waals surface area (Å²) in [6.45, 7) is 3.87. The van der Waals surface area contributed by atoms with E-state index in [9.17, 15) is 19.2 Å². The van der Waals surface area contributed by atoms with Crippen molar-refractivity contribution in [3.8, 4) is 0 Å². The minimum Gasteiger partial charge on any atom is -0.353 e. The summed E-state index contributed by atoms with van der Waals surface area (Å²) in [5, 5.41) is 4.78. The highest BCUT2D eigenvalue weighted by Crippen LogP contribution is 2.31. The van der Waals surface area contributed by atoms with Gasteiger partial charge in [0.05, 0.1) is 11.4 Å². The zero-order valence-electron chi connectivity index (χ0n) is 17.3. The topological polar surface area (TPSA) is 95.6 Å². The number of nitrogens with one attached hydrogen (secondary N) is 2. The number of hydrogen-bond donors (Lipinski definition) is 2. The van der Waals surface area contributed by atoms with Crippen molar-refractivity contribution in [2.45, 2.75) is 13.8 Å². The molecule has 0 aliphatic carbocycles. The van der Waals surface area contributed by atoms with Gasteiger partial charge in [0.25, 0.3) is 17.1 Å². The van der Waals surface area contributed by atoms with Crippen LogP contribution in [0.2, 0.25) is 0 Å². The highest BCUT2D eigenvalue weighted by atomic mass is 32.2. The molecule has 1 fully saturated rings. The quantitative estimate of drug-likeness (QED) is 0.650. The molecule has 4 amide bonds. The van der Waals surface area contributed by atoms with Crippen molar-refractivity contribution in [3.05, 3.63) is 75.7 Å². The maximum absolute atomic E-state index is 12.5. The minimum atomic E-state index is -0.400. The average Bonchev–Trinajstić information content (AvgIpc) is 3.01. The van der Waals surface area contributed by atoms with Crippen molar-refractivity contribution in [2.75, 3.05) is 19.6 Å². The lowest BCUT2D eigenvalue weighted by molar-refractivity contribution is -0.124. The fraction of sp³-hybridized carbons (Fsp3) is 0.217. The predicted octanol–water partition coefficient (Wildman–Crippen LogP) is 2.89. The van der Waals surface area contributed by atoms with E-state index in [2.05, 4.69) is 10.6 Å². The second kappa shape index (κ2) is 10.1. The number of imide groups is 1. The third-order valence-electron chi connectivity index (χ3n) is 4.63. The highest BCUT2D eigenvalue weighted by molar-refractivity contribution is 8.18. The van der Waals surface area contributed by atoms with Crippen molar-refractivity contribution >= 4 is 40.8 Å². The van der Waals surface area contributed by atoms with Gasteiger partial charge in [-0.15, -0.1) is 0 Å². The van der Waals surface area contributed by atoms with Gasteiger partial charge in [0.15, 0.2) is 0 Å². The number of rotatable bonds is 7. The molecule has 0 atom stereocenters. The van der Waals surface area contributed by atoms with Crippen LogP contribution in [0, 0.1) is 13.8 Å². The van der Waals surface area contributed by atoms with Gasteiger partial charge in [0.1, 0.15) is 0 Å². The molecule has 0 spiro atoms. The molecule has 0 unspecified atom stereocenters. The third-order valence-corrected chi connectivity index (χ3v) is 5.54. The molecule has 1 heterocycles. The van der Waals surface area contributed by atoms with E-state index in [0.717, 1.165) is 33.4 Å². The zero-order valence-corrected chi connectivity index (χ0v) is 18.1. The van der Waals surface area contributed by atoms with Crippen molar-refractivity contribution in [3.63, 3.8) is 0 Å². The van der Waals surface area contributed by atoms with E-state index in [4.69, 9.17) is 0 Å². The van der Waals surface area contributed by atoms with E-state index in [-0.39, 0.29) is 36.7 Å². The summed E-state index contributed by atoms with van der Waals surface area (Å²) >= 11 is 0.881. The Hall–Kier alpha value is -3.39. The largest absolute Gasteiger partial charge is 0.353 e. The number of carbonyl (C=O) groups excluding carboxylic acids is 4. The second-order valence-electron chi connectivity index (χ2n) is 7.14. The van der Waals surface area contributed by atoms with Crippen LogP contribution < -0.4 is 10.6 Å². The Labute approximate surface area is 184 Å². The molecule has 31 heavy (non-hydrogen) atoms. The van der Waals surface area contributed by atoms with E-state index >= 15 is 0 Å². The number of hydrogen-bond acceptors (Lipinski definition) is 5. The predicted molar refractivity (Wildman–Crippen MR) is 120 cm³/mol. The van der Waals surface area contributed by atoms with E-state index < -0.39 is 5.91 Å². The SMILES string of the molecule is Cc1ccc(C=C2SC(=O)N(CCNC(=O)CNC(=O)c3ccc(C)cc3)C2=O)cc1. The van der Waals surface area contributed by atoms with Gasteiger partial charge in [-0.05, 0) is 49.4 Å². The molecular weight excluding hydrogens is 414 g/mol. The van der Waals surface area contributed by atoms with Crippen LogP contribution in [0.3, 0.4) is 0 Å². The molecule has 1 aliphatic heterocycles. The summed E-state index contributed by atoms with van der Waals surface area (Å²) in [4.78, 5) is 50.1. The Bertz CT molecular complexity index is 1030. The lowest BCUT2D eigenvalue weighted by Gasteiger charge is -2.13. The molecule has 0 aromatic heterocycles. The first-order chi connectivity index (χ1) is 14.8. The van der Waals surface area contributed by atoms with Gasteiger partial charge in [-0.2, -0.15) is 0 Å². The zero-order chi connectivity index (χ0) is 22.4. The summed E-state index contributed by atoms with van der Waals surface area (Å²) in [5.74, 6) is -1.12. The van der Waals surface area contributed by atoms with Crippen molar-refractivity contribution in [1.82, 2.24) is 15.5 Å². The average molecular weight is 438 g/mol. The van der Waals surface area contributed by atoms with Gasteiger partial charge in [-0.1, -0.05) is 47.5 Å². The number of carbonyl (C=O) groups is 4. The first-order valence-corrected chi connectivity index (χ1v) is 10.6. The molecule has 1 saturated heterocycles. The van der Waals surface area contributed by atoms with Gasteiger partial charge in [-0.3, -0.25) is 24.1 Å². The molecule has 0 radical (unpaired) electrons. The first kappa shape index (κ1) is 22.3. The summed E-state index contributed by atoms with van der Waals surface area (Å²) in [6.07, 6.45) is 1.68. The van der Waals surface area contributed by atoms with Crippen LogP contribution in [0.5, 0.6) is 0 Å². The van der Waals surface area contributed by atoms with E-state index in [1.165, 1.54) is 0 Å². The van der Waals surface area contributed by atoms with Crippen LogP contribution in [0.4, 0.5) is 4.79 Å². The van der Waals surface area contributed by atoms with E-state index in [1.807, 2.05) is 50.2 Å². The third kappa shape index (κ3) is 6.05. The van der Waals surface area contributed by atoms with Gasteiger partial charge >= 0.3 is 0 Å². The molecule has 0 bridgehead atoms. The van der Waals surface area contributed by atoms with E-state index in [0.29, 0.717) is 10.5 Å². The second-order valence-corrected chi connectivity index (χ2v) is 8.14. The first-order valence-electron chi connectivity index (χ1n) is 9.77. The number of amides is 4. The molecule has 1 aliphatic rings. The Morgan fingerprint density at radius 2 is 1.55 bits per heavy atom. The van der Waals surface area contributed by atoms with Crippen LogP contribution in [0.15, 0.2) is 53.4 Å². The summed E-state index contributed by atoms with van der Waals surface area (Å²) in [6, 6.07) is 14.6. The lowest BCUT2D eigenvalue weighted by atomic mass is 10.1. The molecule has 3 rings (SSSR count). The van der Waals surface area contributed by atoms with Crippen molar-refractivity contribution in [1.29, 1.82) is 0 Å². The van der Waals surface area contributed by atoms with Crippen LogP contribution in [0.1, 0.15) is 27.0 Å². The number of nitrogens with zero attached hydrogens (tertiary/aromatic N) is 1. The molecule has 7 nitrogen and oxygen atoms in total. The lowest BCUT2D eigenvalue weighted by Crippen LogP contribution is -2.41. The maximum atomic E-state index is 12.5. The summed E-state index contributed by atoms with van der Waals surface area (Å²) in [5.41, 5.74) is 3.46. The number of thioether (sulfide) groups is 1. The standard InChI is InChI=1S/C23H23N3O4S/c1-15-3-7-17(8-4-15)13-19-22(29)26(23(30)31-19)12-11-24-20(27)14-25-21(28)18-9-5-16(2)6-10-18/h3-10,13H,11-12,14H2,1-2H3,(H,24,27)(H,25,28). The number of aryl methyl sites for hydroxylation is 2. The Kier molecular flexibility index (Phi) is 7.25. The fourth-order valence-electron chi connectivity index (χ4n) is 2.84. The molecule has 2 aromatic carbocycles. The van der Waals surface area contributed by atoms with Crippen LogP contribution >= 0.6 is 11.8 Å². The van der Waals surface area contributed by atoms with Gasteiger partial charge in [-0.25, -0.2) is 0 Å². The van der Waals surface area contributed by atoms with Crippen molar-refractivity contribution < 1.29 is 19.2 Å². The molecule has 160 valence electrons. The Morgan fingerprint density at radius 1 is 0.935 bits per heavy atom. The Balaban J connectivity index is 1.45. The summed E-state index contributed by atoms with van der Waals surface area (Å²) in [7, 11) is 0. The van der Waals surface area contributed by atoms with E-state index in [1.54, 1.807) is 18.2 Å². The van der Waals surface area contributed by atoms with Crippen molar-refractivity contribution in [2.24, 2.45) is 0 Å². The van der Waals surface area contributed by atoms with Crippen LogP contribution in [-0.4, -0.2) is 47.5 Å². The molecular formula is C23H23N3O4S. The van der Waals surface area contributed by atoms with Gasteiger partial charge in [0, 0.05) is 18.7 Å². The molecule has 2 N–H and O–H groups in total. The summed E-state index contributed by atoms with van der Waals surface area (Å²) < 4.78 is 0. The maximum Gasteiger partial charge on any atom is 0.293 e. The monoisotopic (exact) mass is 437 g/mol.